The van der Waals surface area contributed by atoms with Crippen LogP contribution >= 0.6 is 0 Å². The van der Waals surface area contributed by atoms with Crippen LogP contribution in [0.5, 0.6) is 0 Å². The first-order chi connectivity index (χ1) is 12.3. The zero-order valence-corrected chi connectivity index (χ0v) is 16.0. The van der Waals surface area contributed by atoms with Crippen LogP contribution in [0.25, 0.3) is 0 Å². The Morgan fingerprint density at radius 2 is 1.77 bits per heavy atom. The highest BCUT2D eigenvalue weighted by Crippen LogP contribution is 2.27. The molecule has 26 heavy (non-hydrogen) atoms. The molecule has 8 heteroatoms. The number of sulfonamides is 1. The zero-order chi connectivity index (χ0) is 18.9. The maximum absolute atomic E-state index is 12.9. The van der Waals surface area contributed by atoms with Crippen molar-refractivity contribution in [2.24, 2.45) is 5.92 Å². The van der Waals surface area contributed by atoms with Crippen molar-refractivity contribution >= 4 is 27.5 Å². The Bertz CT molecular complexity index is 791. The molecular formula is C18H25N3O4S. The number of carbonyl (C=O) groups excluding carboxylic acids is 2. The van der Waals surface area contributed by atoms with Crippen molar-refractivity contribution in [3.63, 3.8) is 0 Å². The van der Waals surface area contributed by atoms with Gasteiger partial charge in [0.2, 0.25) is 21.8 Å². The van der Waals surface area contributed by atoms with Gasteiger partial charge in [-0.15, -0.1) is 0 Å². The largest absolute Gasteiger partial charge is 0.341 e. The predicted molar refractivity (Wildman–Crippen MR) is 99.3 cm³/mol. The summed E-state index contributed by atoms with van der Waals surface area (Å²) in [5, 5.41) is 0. The van der Waals surface area contributed by atoms with Gasteiger partial charge in [-0.2, -0.15) is 0 Å². The first-order valence-electron chi connectivity index (χ1n) is 8.86. The molecule has 0 radical (unpaired) electrons. The fourth-order valence-corrected chi connectivity index (χ4v) is 4.43. The number of amides is 2. The van der Waals surface area contributed by atoms with Crippen molar-refractivity contribution in [3.8, 4) is 0 Å². The van der Waals surface area contributed by atoms with Gasteiger partial charge in [0, 0.05) is 44.8 Å². The van der Waals surface area contributed by atoms with Gasteiger partial charge in [-0.3, -0.25) is 9.59 Å². The summed E-state index contributed by atoms with van der Waals surface area (Å²) in [5.41, 5.74) is 1.93. The Balaban J connectivity index is 1.65. The molecular weight excluding hydrogens is 354 g/mol. The summed E-state index contributed by atoms with van der Waals surface area (Å²) in [5.74, 6) is -0.461. The van der Waals surface area contributed by atoms with Gasteiger partial charge in [0.25, 0.3) is 0 Å². The van der Waals surface area contributed by atoms with E-state index in [2.05, 4.69) is 0 Å². The van der Waals surface area contributed by atoms with E-state index in [0.717, 1.165) is 11.3 Å². The topological polar surface area (TPSA) is 78.0 Å². The van der Waals surface area contributed by atoms with E-state index in [1.54, 1.807) is 9.80 Å². The lowest BCUT2D eigenvalue weighted by Gasteiger charge is -2.24. The van der Waals surface area contributed by atoms with Crippen LogP contribution in [0.2, 0.25) is 0 Å². The van der Waals surface area contributed by atoms with E-state index in [0.29, 0.717) is 39.1 Å². The van der Waals surface area contributed by atoms with Crippen LogP contribution in [0.1, 0.15) is 18.4 Å². The summed E-state index contributed by atoms with van der Waals surface area (Å²) in [6.45, 7) is 4.02. The minimum absolute atomic E-state index is 0.0419. The van der Waals surface area contributed by atoms with Crippen molar-refractivity contribution in [1.82, 2.24) is 9.21 Å². The maximum Gasteiger partial charge on any atom is 0.228 e. The summed E-state index contributed by atoms with van der Waals surface area (Å²) in [4.78, 5) is 28.6. The van der Waals surface area contributed by atoms with Gasteiger partial charge in [-0.1, -0.05) is 17.7 Å². The van der Waals surface area contributed by atoms with Crippen LogP contribution in [0.3, 0.4) is 0 Å². The standard InChI is InChI=1S/C18H25N3O4S/c1-14-4-6-16(7-5-14)21-13-15(12-17(21)22)18(23)19-8-3-9-20(11-10-19)26(2,24)25/h4-7,15H,3,8-13H2,1-2H3. The molecule has 7 nitrogen and oxygen atoms in total. The lowest BCUT2D eigenvalue weighted by atomic mass is 10.1. The molecule has 0 saturated carbocycles. The lowest BCUT2D eigenvalue weighted by Crippen LogP contribution is -2.40. The van der Waals surface area contributed by atoms with E-state index in [9.17, 15) is 18.0 Å². The molecule has 2 aliphatic rings. The highest BCUT2D eigenvalue weighted by atomic mass is 32.2. The molecule has 1 aromatic rings. The Kier molecular flexibility index (Phi) is 5.34. The van der Waals surface area contributed by atoms with Crippen molar-refractivity contribution < 1.29 is 18.0 Å². The van der Waals surface area contributed by atoms with Gasteiger partial charge in [0.05, 0.1) is 12.2 Å². The minimum atomic E-state index is -3.24. The molecule has 2 saturated heterocycles. The van der Waals surface area contributed by atoms with E-state index in [4.69, 9.17) is 0 Å². The molecule has 1 unspecified atom stereocenters. The van der Waals surface area contributed by atoms with E-state index in [1.807, 2.05) is 31.2 Å². The van der Waals surface area contributed by atoms with Crippen LogP contribution in [0, 0.1) is 12.8 Å². The van der Waals surface area contributed by atoms with Crippen LogP contribution in [0.15, 0.2) is 24.3 Å². The summed E-state index contributed by atoms with van der Waals surface area (Å²) in [6.07, 6.45) is 2.01. The normalized spacial score (nSPS) is 22.5. The third-order valence-electron chi connectivity index (χ3n) is 5.06. The SMILES string of the molecule is Cc1ccc(N2CC(C(=O)N3CCCN(S(C)(=O)=O)CC3)CC2=O)cc1. The molecule has 3 rings (SSSR count). The smallest absolute Gasteiger partial charge is 0.228 e. The highest BCUT2D eigenvalue weighted by Gasteiger charge is 2.37. The first kappa shape index (κ1) is 18.8. The third kappa shape index (κ3) is 4.07. The van der Waals surface area contributed by atoms with Gasteiger partial charge < -0.3 is 9.80 Å². The van der Waals surface area contributed by atoms with Crippen LogP contribution in [-0.2, 0) is 19.6 Å². The summed E-state index contributed by atoms with van der Waals surface area (Å²) >= 11 is 0. The number of aryl methyl sites for hydroxylation is 1. The third-order valence-corrected chi connectivity index (χ3v) is 6.36. The molecule has 142 valence electrons. The number of benzene rings is 1. The summed E-state index contributed by atoms with van der Waals surface area (Å²) in [7, 11) is -3.24. The van der Waals surface area contributed by atoms with Gasteiger partial charge in [-0.05, 0) is 25.5 Å². The molecule has 2 aliphatic heterocycles. The monoisotopic (exact) mass is 379 g/mol. The fraction of sp³-hybridized carbons (Fsp3) is 0.556. The molecule has 0 spiro atoms. The van der Waals surface area contributed by atoms with Crippen LogP contribution in [-0.4, -0.2) is 68.4 Å². The van der Waals surface area contributed by atoms with Gasteiger partial charge in [0.15, 0.2) is 0 Å². The Labute approximate surface area is 154 Å². The van der Waals surface area contributed by atoms with E-state index in [1.165, 1.54) is 10.6 Å². The Morgan fingerprint density at radius 1 is 1.08 bits per heavy atom. The molecule has 2 amide bonds. The number of hydrogen-bond donors (Lipinski definition) is 0. The van der Waals surface area contributed by atoms with Crippen molar-refractivity contribution in [3.05, 3.63) is 29.8 Å². The second kappa shape index (κ2) is 7.36. The van der Waals surface area contributed by atoms with E-state index < -0.39 is 10.0 Å². The Morgan fingerprint density at radius 3 is 2.42 bits per heavy atom. The van der Waals surface area contributed by atoms with Crippen molar-refractivity contribution in [1.29, 1.82) is 0 Å². The van der Waals surface area contributed by atoms with Crippen LogP contribution < -0.4 is 4.90 Å². The maximum atomic E-state index is 12.9. The highest BCUT2D eigenvalue weighted by molar-refractivity contribution is 7.88. The molecule has 2 heterocycles. The molecule has 0 bridgehead atoms. The van der Waals surface area contributed by atoms with Gasteiger partial charge >= 0.3 is 0 Å². The summed E-state index contributed by atoms with van der Waals surface area (Å²) < 4.78 is 24.8. The van der Waals surface area contributed by atoms with E-state index >= 15 is 0 Å². The number of carbonyl (C=O) groups is 2. The Hall–Kier alpha value is -1.93. The first-order valence-corrected chi connectivity index (χ1v) is 10.7. The number of nitrogens with zero attached hydrogens (tertiary/aromatic N) is 3. The molecule has 0 N–H and O–H groups in total. The molecule has 0 aliphatic carbocycles. The fourth-order valence-electron chi connectivity index (χ4n) is 3.55. The van der Waals surface area contributed by atoms with Crippen molar-refractivity contribution in [2.45, 2.75) is 19.8 Å². The van der Waals surface area contributed by atoms with E-state index in [-0.39, 0.29) is 24.2 Å². The van der Waals surface area contributed by atoms with Crippen LogP contribution in [0.4, 0.5) is 5.69 Å². The average molecular weight is 379 g/mol. The van der Waals surface area contributed by atoms with Crippen molar-refractivity contribution in [2.75, 3.05) is 43.9 Å². The predicted octanol–water partition coefficient (Wildman–Crippen LogP) is 0.842. The van der Waals surface area contributed by atoms with Gasteiger partial charge in [-0.25, -0.2) is 12.7 Å². The lowest BCUT2D eigenvalue weighted by molar-refractivity contribution is -0.135. The number of rotatable bonds is 3. The second-order valence-electron chi connectivity index (χ2n) is 7.08. The quantitative estimate of drug-likeness (QED) is 0.780. The zero-order valence-electron chi connectivity index (χ0n) is 15.2. The minimum Gasteiger partial charge on any atom is -0.341 e. The average Bonchev–Trinajstić information content (AvgIpc) is 2.81. The molecule has 2 fully saturated rings. The number of hydrogen-bond acceptors (Lipinski definition) is 4. The molecule has 1 atom stereocenters. The van der Waals surface area contributed by atoms with Gasteiger partial charge in [0.1, 0.15) is 0 Å². The molecule has 0 aromatic heterocycles. The second-order valence-corrected chi connectivity index (χ2v) is 9.06. The number of anilines is 1. The molecule has 1 aromatic carbocycles. The summed E-state index contributed by atoms with van der Waals surface area (Å²) in [6, 6.07) is 7.70.